The molecule has 1 aromatic heterocycles. The monoisotopic (exact) mass is 329 g/mol. The summed E-state index contributed by atoms with van der Waals surface area (Å²) in [5.74, 6) is 0.305. The Kier molecular flexibility index (Phi) is 4.59. The smallest absolute Gasteiger partial charge is 0.308 e. The van der Waals surface area contributed by atoms with Gasteiger partial charge < -0.3 is 14.2 Å². The Morgan fingerprint density at radius 1 is 1.38 bits per heavy atom. The van der Waals surface area contributed by atoms with Gasteiger partial charge in [0.25, 0.3) is 0 Å². The molecule has 0 radical (unpaired) electrons. The maximum absolute atomic E-state index is 12.2. The first-order valence-corrected chi connectivity index (χ1v) is 7.84. The van der Waals surface area contributed by atoms with E-state index in [0.29, 0.717) is 18.3 Å². The number of aryl methyl sites for hydroxylation is 1. The first-order valence-electron chi connectivity index (χ1n) is 7.84. The van der Waals surface area contributed by atoms with E-state index in [1.54, 1.807) is 11.8 Å². The van der Waals surface area contributed by atoms with Crippen molar-refractivity contribution in [1.82, 2.24) is 15.0 Å². The first kappa shape index (κ1) is 16.2. The van der Waals surface area contributed by atoms with Crippen LogP contribution in [0.25, 0.3) is 0 Å². The number of nitrogens with zero attached hydrogens (tertiary/aromatic N) is 3. The number of benzene rings is 1. The van der Waals surface area contributed by atoms with Crippen molar-refractivity contribution in [1.29, 1.82) is 0 Å². The molecular weight excluding hydrogens is 310 g/mol. The minimum absolute atomic E-state index is 0.0371. The van der Waals surface area contributed by atoms with Crippen molar-refractivity contribution in [2.24, 2.45) is 0 Å². The quantitative estimate of drug-likeness (QED) is 0.797. The molecule has 1 aliphatic heterocycles. The van der Waals surface area contributed by atoms with Crippen molar-refractivity contribution in [2.75, 3.05) is 6.54 Å². The predicted molar refractivity (Wildman–Crippen MR) is 83.7 cm³/mol. The number of fused-ring (bicyclic) bond motifs is 1. The zero-order valence-electron chi connectivity index (χ0n) is 13.7. The molecule has 1 unspecified atom stereocenters. The van der Waals surface area contributed by atoms with E-state index in [1.165, 1.54) is 12.5 Å². The molecule has 1 amide bonds. The SMILES string of the molecule is CC(=O)N1CCc2ccccc2C1CC(=O)OCc1noc(C)n1. The summed E-state index contributed by atoms with van der Waals surface area (Å²) >= 11 is 0. The van der Waals surface area contributed by atoms with Crippen molar-refractivity contribution in [3.8, 4) is 0 Å². The van der Waals surface area contributed by atoms with Crippen LogP contribution in [0.5, 0.6) is 0 Å². The summed E-state index contributed by atoms with van der Waals surface area (Å²) in [7, 11) is 0. The summed E-state index contributed by atoms with van der Waals surface area (Å²) in [6.07, 6.45) is 0.900. The van der Waals surface area contributed by atoms with Crippen LogP contribution in [0.1, 0.15) is 42.2 Å². The second-order valence-electron chi connectivity index (χ2n) is 5.77. The van der Waals surface area contributed by atoms with Crippen LogP contribution in [0.2, 0.25) is 0 Å². The number of carbonyl (C=O) groups is 2. The van der Waals surface area contributed by atoms with Crippen molar-refractivity contribution in [3.05, 3.63) is 47.1 Å². The van der Waals surface area contributed by atoms with Crippen LogP contribution >= 0.6 is 0 Å². The van der Waals surface area contributed by atoms with Crippen LogP contribution in [0.4, 0.5) is 0 Å². The van der Waals surface area contributed by atoms with E-state index in [9.17, 15) is 9.59 Å². The minimum atomic E-state index is -0.398. The van der Waals surface area contributed by atoms with Gasteiger partial charge in [-0.1, -0.05) is 29.4 Å². The van der Waals surface area contributed by atoms with Gasteiger partial charge in [0.1, 0.15) is 0 Å². The topological polar surface area (TPSA) is 85.5 Å². The molecule has 1 aliphatic rings. The number of esters is 1. The molecule has 7 heteroatoms. The van der Waals surface area contributed by atoms with Crippen molar-refractivity contribution in [2.45, 2.75) is 39.3 Å². The molecule has 1 atom stereocenters. The van der Waals surface area contributed by atoms with E-state index >= 15 is 0 Å². The molecule has 126 valence electrons. The summed E-state index contributed by atoms with van der Waals surface area (Å²) in [5, 5.41) is 3.69. The average Bonchev–Trinajstić information content (AvgIpc) is 2.98. The second kappa shape index (κ2) is 6.82. The van der Waals surface area contributed by atoms with E-state index in [1.807, 2.05) is 24.3 Å². The molecule has 0 N–H and O–H groups in total. The van der Waals surface area contributed by atoms with E-state index in [0.717, 1.165) is 12.0 Å². The molecule has 2 heterocycles. The third-order valence-corrected chi connectivity index (χ3v) is 4.11. The van der Waals surface area contributed by atoms with Crippen LogP contribution in [0, 0.1) is 6.92 Å². The zero-order chi connectivity index (χ0) is 17.1. The lowest BCUT2D eigenvalue weighted by Gasteiger charge is -2.36. The molecule has 24 heavy (non-hydrogen) atoms. The standard InChI is InChI=1S/C17H19N3O4/c1-11-18-16(19-24-11)10-23-17(22)9-15-14-6-4-3-5-13(14)7-8-20(15)12(2)21/h3-6,15H,7-10H2,1-2H3. The fraction of sp³-hybridized carbons (Fsp3) is 0.412. The van der Waals surface area contributed by atoms with E-state index in [-0.39, 0.29) is 25.0 Å². The Hall–Kier alpha value is -2.70. The Bertz CT molecular complexity index is 756. The molecule has 7 nitrogen and oxygen atoms in total. The lowest BCUT2D eigenvalue weighted by molar-refractivity contribution is -0.148. The fourth-order valence-electron chi connectivity index (χ4n) is 3.01. The van der Waals surface area contributed by atoms with Gasteiger partial charge in [0.2, 0.25) is 17.6 Å². The Morgan fingerprint density at radius 2 is 2.17 bits per heavy atom. The molecule has 2 aromatic rings. The highest BCUT2D eigenvalue weighted by molar-refractivity contribution is 5.76. The molecule has 0 bridgehead atoms. The molecule has 0 spiro atoms. The maximum Gasteiger partial charge on any atom is 0.308 e. The van der Waals surface area contributed by atoms with Gasteiger partial charge in [-0.15, -0.1) is 0 Å². The largest absolute Gasteiger partial charge is 0.457 e. The number of carbonyl (C=O) groups excluding carboxylic acids is 2. The van der Waals surface area contributed by atoms with Gasteiger partial charge in [0, 0.05) is 20.4 Å². The summed E-state index contributed by atoms with van der Waals surface area (Å²) in [4.78, 5) is 29.9. The number of hydrogen-bond acceptors (Lipinski definition) is 6. The van der Waals surface area contributed by atoms with Gasteiger partial charge in [-0.3, -0.25) is 9.59 Å². The molecule has 0 aliphatic carbocycles. The first-order chi connectivity index (χ1) is 11.5. The lowest BCUT2D eigenvalue weighted by atomic mass is 9.90. The van der Waals surface area contributed by atoms with Gasteiger partial charge in [0.05, 0.1) is 12.5 Å². The summed E-state index contributed by atoms with van der Waals surface area (Å²) in [5.41, 5.74) is 2.17. The van der Waals surface area contributed by atoms with E-state index in [2.05, 4.69) is 10.1 Å². The highest BCUT2D eigenvalue weighted by atomic mass is 16.5. The average molecular weight is 329 g/mol. The number of ether oxygens (including phenoxy) is 1. The summed E-state index contributed by atoms with van der Waals surface area (Å²) < 4.78 is 10.1. The van der Waals surface area contributed by atoms with Gasteiger partial charge in [-0.25, -0.2) is 0 Å². The zero-order valence-corrected chi connectivity index (χ0v) is 13.7. The number of aromatic nitrogens is 2. The third-order valence-electron chi connectivity index (χ3n) is 4.11. The number of amides is 1. The van der Waals surface area contributed by atoms with Crippen LogP contribution in [0.3, 0.4) is 0 Å². The normalized spacial score (nSPS) is 16.6. The van der Waals surface area contributed by atoms with Crippen molar-refractivity contribution in [3.63, 3.8) is 0 Å². The Balaban J connectivity index is 1.70. The molecule has 0 saturated heterocycles. The summed E-state index contributed by atoms with van der Waals surface area (Å²) in [6, 6.07) is 7.59. The molecule has 0 saturated carbocycles. The maximum atomic E-state index is 12.2. The van der Waals surface area contributed by atoms with Gasteiger partial charge in [0.15, 0.2) is 6.61 Å². The van der Waals surface area contributed by atoms with Gasteiger partial charge >= 0.3 is 5.97 Å². The highest BCUT2D eigenvalue weighted by Gasteiger charge is 2.31. The fourth-order valence-corrected chi connectivity index (χ4v) is 3.01. The summed E-state index contributed by atoms with van der Waals surface area (Å²) in [6.45, 7) is 3.76. The van der Waals surface area contributed by atoms with Crippen LogP contribution < -0.4 is 0 Å². The van der Waals surface area contributed by atoms with Gasteiger partial charge in [-0.2, -0.15) is 4.98 Å². The number of hydrogen-bond donors (Lipinski definition) is 0. The van der Waals surface area contributed by atoms with Gasteiger partial charge in [-0.05, 0) is 17.5 Å². The number of rotatable bonds is 4. The lowest BCUT2D eigenvalue weighted by Crippen LogP contribution is -2.39. The molecule has 1 aromatic carbocycles. The van der Waals surface area contributed by atoms with E-state index < -0.39 is 5.97 Å². The predicted octanol–water partition coefficient (Wildman–Crippen LogP) is 1.96. The second-order valence-corrected chi connectivity index (χ2v) is 5.77. The minimum Gasteiger partial charge on any atom is -0.457 e. The van der Waals surface area contributed by atoms with Crippen LogP contribution in [0.15, 0.2) is 28.8 Å². The Morgan fingerprint density at radius 3 is 2.88 bits per heavy atom. The van der Waals surface area contributed by atoms with Crippen molar-refractivity contribution < 1.29 is 18.8 Å². The Labute approximate surface area is 139 Å². The highest BCUT2D eigenvalue weighted by Crippen LogP contribution is 2.32. The third kappa shape index (κ3) is 3.45. The molecule has 3 rings (SSSR count). The van der Waals surface area contributed by atoms with Crippen molar-refractivity contribution >= 4 is 11.9 Å². The molecule has 0 fully saturated rings. The van der Waals surface area contributed by atoms with Crippen LogP contribution in [-0.4, -0.2) is 33.5 Å². The molecular formula is C17H19N3O4. The van der Waals surface area contributed by atoms with E-state index in [4.69, 9.17) is 9.26 Å². The van der Waals surface area contributed by atoms with Crippen LogP contribution in [-0.2, 0) is 27.4 Å².